The van der Waals surface area contributed by atoms with Crippen molar-refractivity contribution < 1.29 is 28.1 Å². The van der Waals surface area contributed by atoms with Crippen LogP contribution in [0.15, 0.2) is 40.8 Å². The summed E-state index contributed by atoms with van der Waals surface area (Å²) in [5.74, 6) is 0.842. The van der Waals surface area contributed by atoms with Crippen molar-refractivity contribution in [3.05, 3.63) is 41.8 Å². The highest BCUT2D eigenvalue weighted by atomic mass is 35.5. The monoisotopic (exact) mass is 607 g/mol. The fourth-order valence-electron chi connectivity index (χ4n) is 4.45. The van der Waals surface area contributed by atoms with Crippen molar-refractivity contribution in [3.8, 4) is 11.3 Å². The number of halogens is 1. The van der Waals surface area contributed by atoms with Gasteiger partial charge in [-0.2, -0.15) is 0 Å². The molecule has 1 unspecified atom stereocenters. The summed E-state index contributed by atoms with van der Waals surface area (Å²) in [6.07, 6.45) is 3.83. The van der Waals surface area contributed by atoms with Gasteiger partial charge in [-0.05, 0) is 31.0 Å². The quantitative estimate of drug-likeness (QED) is 0.0825. The number of hydrogen-bond acceptors (Lipinski definition) is 7. The minimum atomic E-state index is -4.19. The Labute approximate surface area is 247 Å². The normalized spacial score (nSPS) is 12.9. The molecule has 11 heteroatoms. The molecule has 0 aromatic heterocycles. The van der Waals surface area contributed by atoms with Crippen LogP contribution in [0, 0.1) is 0 Å². The van der Waals surface area contributed by atoms with Gasteiger partial charge < -0.3 is 33.6 Å². The number of amides is 1. The summed E-state index contributed by atoms with van der Waals surface area (Å²) in [7, 11) is 3.46. The van der Waals surface area contributed by atoms with E-state index in [1.165, 1.54) is 0 Å². The number of hydrogen-bond donors (Lipinski definition) is 1. The van der Waals surface area contributed by atoms with Gasteiger partial charge in [0.2, 0.25) is 11.3 Å². The second-order valence-corrected chi connectivity index (χ2v) is 13.0. The first-order valence-electron chi connectivity index (χ1n) is 14.1. The summed E-state index contributed by atoms with van der Waals surface area (Å²) in [6.45, 7) is 2.28. The Morgan fingerprint density at radius 3 is 2.46 bits per heavy atom. The van der Waals surface area contributed by atoms with E-state index < -0.39 is 7.37 Å². The van der Waals surface area contributed by atoms with E-state index in [9.17, 15) is 14.3 Å². The highest BCUT2D eigenvalue weighted by molar-refractivity contribution is 7.65. The van der Waals surface area contributed by atoms with Gasteiger partial charge in [-0.3, -0.25) is 4.79 Å². The van der Waals surface area contributed by atoms with Crippen LogP contribution in [0.25, 0.3) is 22.3 Å². The lowest BCUT2D eigenvalue weighted by Crippen LogP contribution is -2.30. The van der Waals surface area contributed by atoms with E-state index in [1.807, 2.05) is 61.9 Å². The molecule has 0 saturated carbocycles. The molecule has 1 aromatic rings. The smallest absolute Gasteiger partial charge is 0.220 e. The second kappa shape index (κ2) is 16.3. The maximum Gasteiger partial charge on any atom is 0.220 e. The average molecular weight is 608 g/mol. The number of alkyl halides is 1. The van der Waals surface area contributed by atoms with Gasteiger partial charge >= 0.3 is 0 Å². The van der Waals surface area contributed by atoms with Crippen molar-refractivity contribution in [1.29, 1.82) is 0 Å². The van der Waals surface area contributed by atoms with Gasteiger partial charge in [-0.15, -0.1) is 11.6 Å². The topological polar surface area (TPSA) is 107 Å². The molecule has 1 atom stereocenters. The van der Waals surface area contributed by atoms with Crippen molar-refractivity contribution >= 4 is 46.8 Å². The first-order valence-corrected chi connectivity index (χ1v) is 16.5. The first kappa shape index (κ1) is 33.1. The van der Waals surface area contributed by atoms with E-state index in [4.69, 9.17) is 25.5 Å². The Hall–Kier alpha value is -2.42. The fourth-order valence-corrected chi connectivity index (χ4v) is 6.47. The van der Waals surface area contributed by atoms with E-state index >= 15 is 0 Å². The summed E-state index contributed by atoms with van der Waals surface area (Å²) in [5.41, 5.74) is 1.87. The third-order valence-electron chi connectivity index (χ3n) is 6.78. The summed E-state index contributed by atoms with van der Waals surface area (Å²) in [6, 6.07) is 10.9. The average Bonchev–Trinajstić information content (AvgIpc) is 2.94. The molecule has 0 fully saturated rings. The van der Waals surface area contributed by atoms with Crippen molar-refractivity contribution in [1.82, 2.24) is 9.89 Å². The Kier molecular flexibility index (Phi) is 13.1. The molecule has 1 amide bonds. The first-order chi connectivity index (χ1) is 19.6. The van der Waals surface area contributed by atoms with Crippen molar-refractivity contribution in [2.24, 2.45) is 0 Å². The van der Waals surface area contributed by atoms with Crippen LogP contribution >= 0.6 is 19.0 Å². The molecule has 0 spiro atoms. The number of nitrogens with zero attached hydrogens (tertiary/aromatic N) is 2. The van der Waals surface area contributed by atoms with Crippen molar-refractivity contribution in [2.45, 2.75) is 32.1 Å². The number of nitrogens with one attached hydrogen (secondary N) is 1. The summed E-state index contributed by atoms with van der Waals surface area (Å²) in [5, 5.41) is 4.35. The van der Waals surface area contributed by atoms with Crippen LogP contribution in [0.5, 0.6) is 0 Å². The molecule has 0 radical (unpaired) electrons. The number of fused-ring (bicyclic) bond motifs is 2. The zero-order valence-corrected chi connectivity index (χ0v) is 26.3. The summed E-state index contributed by atoms with van der Waals surface area (Å²) >= 11 is 5.66. The van der Waals surface area contributed by atoms with Crippen LogP contribution in [-0.2, 0) is 18.8 Å². The Morgan fingerprint density at radius 2 is 1.76 bits per heavy atom. The zero-order valence-electron chi connectivity index (χ0n) is 24.6. The molecule has 1 heterocycles. The molecule has 1 aliphatic heterocycles. The number of unbranched alkanes of at least 4 members (excludes halogenated alkanes) is 3. The van der Waals surface area contributed by atoms with Gasteiger partial charge in [0.05, 0.1) is 25.9 Å². The Morgan fingerprint density at radius 1 is 1.02 bits per heavy atom. The minimum Gasteiger partial charge on any atom is -0.796 e. The molecular weight excluding hydrogens is 565 g/mol. The SMILES string of the molecule is CN(C)c1ccc2c(P(=O)([O-])CCC(=O)NCCOCCOCCCCCCCl)c3ccc(=[N+](C)C)cc-3oc2c1. The van der Waals surface area contributed by atoms with Crippen LogP contribution in [0.2, 0.25) is 0 Å². The Bertz CT molecular complexity index is 1370. The molecule has 1 N–H and O–H groups in total. The third kappa shape index (κ3) is 9.83. The van der Waals surface area contributed by atoms with Crippen LogP contribution in [0.1, 0.15) is 32.1 Å². The molecule has 1 aromatic carbocycles. The largest absolute Gasteiger partial charge is 0.796 e. The molecule has 226 valence electrons. The Balaban J connectivity index is 1.59. The van der Waals surface area contributed by atoms with Crippen LogP contribution < -0.4 is 30.3 Å². The molecule has 1 aliphatic carbocycles. The van der Waals surface area contributed by atoms with Crippen molar-refractivity contribution in [2.75, 3.05) is 78.1 Å². The van der Waals surface area contributed by atoms with E-state index in [1.54, 1.807) is 12.1 Å². The lowest BCUT2D eigenvalue weighted by Gasteiger charge is -2.28. The maximum absolute atomic E-state index is 13.7. The molecule has 3 rings (SSSR count). The second-order valence-electron chi connectivity index (χ2n) is 10.4. The summed E-state index contributed by atoms with van der Waals surface area (Å²) < 4.78 is 32.9. The molecular formula is C30H43ClN3O6P. The third-order valence-corrected chi connectivity index (χ3v) is 9.02. The maximum atomic E-state index is 13.7. The van der Waals surface area contributed by atoms with E-state index in [-0.39, 0.29) is 23.8 Å². The summed E-state index contributed by atoms with van der Waals surface area (Å²) in [4.78, 5) is 28.1. The standard InChI is InChI=1S/C30H43ClN3O6P/c1-33(2)23-9-11-25-27(21-23)40-28-22-24(34(3)4)10-12-26(28)30(25)41(36,37)20-13-29(35)32-15-17-39-19-18-38-16-8-6-5-7-14-31/h9-12,21-22H,5-8,13-20H2,1-4H3,(H-,32,35,36,37). The van der Waals surface area contributed by atoms with Gasteiger partial charge in [-0.1, -0.05) is 12.8 Å². The number of rotatable bonds is 17. The number of carbonyl (C=O) groups excluding carboxylic acids is 1. The molecule has 0 saturated heterocycles. The van der Waals surface area contributed by atoms with Gasteiger partial charge in [0.15, 0.2) is 0 Å². The fraction of sp³-hybridized carbons (Fsp3) is 0.533. The van der Waals surface area contributed by atoms with Crippen LogP contribution in [-0.4, -0.2) is 79.1 Å². The van der Waals surface area contributed by atoms with Gasteiger partial charge in [0.1, 0.15) is 25.4 Å². The lowest BCUT2D eigenvalue weighted by molar-refractivity contribution is -0.171. The van der Waals surface area contributed by atoms with E-state index in [0.717, 1.165) is 36.7 Å². The van der Waals surface area contributed by atoms with Gasteiger partial charge in [0.25, 0.3) is 0 Å². The van der Waals surface area contributed by atoms with Crippen LogP contribution in [0.3, 0.4) is 0 Å². The molecule has 9 nitrogen and oxygen atoms in total. The highest BCUT2D eigenvalue weighted by Crippen LogP contribution is 2.43. The van der Waals surface area contributed by atoms with Crippen molar-refractivity contribution in [3.63, 3.8) is 0 Å². The number of carbonyl (C=O) groups is 1. The number of anilines is 1. The van der Waals surface area contributed by atoms with E-state index in [2.05, 4.69) is 5.32 Å². The van der Waals surface area contributed by atoms with Crippen LogP contribution in [0.4, 0.5) is 5.69 Å². The number of benzene rings is 2. The van der Waals surface area contributed by atoms with E-state index in [0.29, 0.717) is 61.1 Å². The zero-order chi connectivity index (χ0) is 29.8. The highest BCUT2D eigenvalue weighted by Gasteiger charge is 2.25. The van der Waals surface area contributed by atoms with Gasteiger partial charge in [-0.25, -0.2) is 4.58 Å². The number of ether oxygens (including phenoxy) is 2. The minimum absolute atomic E-state index is 0.145. The molecule has 0 bridgehead atoms. The molecule has 2 aliphatic rings. The molecule has 41 heavy (non-hydrogen) atoms. The van der Waals surface area contributed by atoms with Gasteiger partial charge in [0, 0.05) is 87.2 Å². The lowest BCUT2D eigenvalue weighted by atomic mass is 10.1. The predicted molar refractivity (Wildman–Crippen MR) is 165 cm³/mol. The predicted octanol–water partition coefficient (Wildman–Crippen LogP) is 3.24.